The normalized spacial score (nSPS) is 28.6. The topological polar surface area (TPSA) is 83.6 Å². The zero-order valence-corrected chi connectivity index (χ0v) is 9.85. The highest BCUT2D eigenvalue weighted by atomic mass is 16.4. The summed E-state index contributed by atoms with van der Waals surface area (Å²) in [6.07, 6.45) is 1.87. The Morgan fingerprint density at radius 3 is 2.56 bits per heavy atom. The fourth-order valence-corrected chi connectivity index (χ4v) is 2.48. The first-order chi connectivity index (χ1) is 7.47. The van der Waals surface area contributed by atoms with Gasteiger partial charge in [0.15, 0.2) is 0 Å². The number of aliphatic carboxylic acids is 1. The van der Waals surface area contributed by atoms with Gasteiger partial charge < -0.3 is 10.8 Å². The van der Waals surface area contributed by atoms with Crippen LogP contribution in [-0.4, -0.2) is 40.5 Å². The molecule has 1 aliphatic heterocycles. The molecule has 1 saturated heterocycles. The third kappa shape index (κ3) is 2.72. The van der Waals surface area contributed by atoms with E-state index in [2.05, 4.69) is 0 Å². The molecule has 1 rings (SSSR count). The summed E-state index contributed by atoms with van der Waals surface area (Å²) in [5.74, 6) is -1.33. The van der Waals surface area contributed by atoms with Crippen molar-refractivity contribution in [2.45, 2.75) is 45.2 Å². The van der Waals surface area contributed by atoms with Crippen LogP contribution in [0.3, 0.4) is 0 Å². The van der Waals surface area contributed by atoms with Crippen LogP contribution in [0, 0.1) is 5.92 Å². The quantitative estimate of drug-likeness (QED) is 0.731. The molecular formula is C11H20N2O3. The number of carbonyl (C=O) groups is 2. The maximum atomic E-state index is 11.3. The summed E-state index contributed by atoms with van der Waals surface area (Å²) >= 11 is 0. The average molecular weight is 228 g/mol. The number of likely N-dealkylation sites (tertiary alicyclic amines) is 1. The van der Waals surface area contributed by atoms with Crippen molar-refractivity contribution in [1.82, 2.24) is 4.90 Å². The number of nitrogens with two attached hydrogens (primary N) is 1. The Morgan fingerprint density at radius 2 is 2.19 bits per heavy atom. The lowest BCUT2D eigenvalue weighted by Gasteiger charge is -2.39. The lowest BCUT2D eigenvalue weighted by molar-refractivity contribution is -0.144. The van der Waals surface area contributed by atoms with E-state index in [1.54, 1.807) is 0 Å². The second-order valence-corrected chi connectivity index (χ2v) is 4.47. The van der Waals surface area contributed by atoms with E-state index in [-0.39, 0.29) is 23.9 Å². The van der Waals surface area contributed by atoms with Gasteiger partial charge in [-0.3, -0.25) is 14.5 Å². The smallest absolute Gasteiger partial charge is 0.306 e. The molecule has 1 amide bonds. The minimum absolute atomic E-state index is 0.104. The molecule has 5 nitrogen and oxygen atoms in total. The molecule has 5 heteroatoms. The van der Waals surface area contributed by atoms with Gasteiger partial charge in [-0.2, -0.15) is 0 Å². The van der Waals surface area contributed by atoms with Gasteiger partial charge in [-0.1, -0.05) is 6.92 Å². The number of carboxylic acid groups (broad SMARTS) is 1. The van der Waals surface area contributed by atoms with E-state index in [0.29, 0.717) is 25.8 Å². The van der Waals surface area contributed by atoms with Crippen LogP contribution >= 0.6 is 0 Å². The predicted molar refractivity (Wildman–Crippen MR) is 59.8 cm³/mol. The minimum atomic E-state index is -0.737. The Hall–Kier alpha value is -1.10. The van der Waals surface area contributed by atoms with Gasteiger partial charge in [0.05, 0.1) is 12.0 Å². The molecule has 0 aliphatic carbocycles. The zero-order valence-electron chi connectivity index (χ0n) is 9.85. The van der Waals surface area contributed by atoms with Crippen molar-refractivity contribution < 1.29 is 14.7 Å². The molecule has 92 valence electrons. The molecular weight excluding hydrogens is 208 g/mol. The van der Waals surface area contributed by atoms with Crippen LogP contribution in [0.25, 0.3) is 0 Å². The number of carboxylic acids is 1. The predicted octanol–water partition coefficient (Wildman–Crippen LogP) is 0.435. The van der Waals surface area contributed by atoms with Gasteiger partial charge in [0, 0.05) is 12.6 Å². The second kappa shape index (κ2) is 5.30. The highest BCUT2D eigenvalue weighted by Gasteiger charge is 2.34. The molecule has 1 aliphatic rings. The monoisotopic (exact) mass is 228 g/mol. The molecule has 0 saturated carbocycles. The lowest BCUT2D eigenvalue weighted by atomic mass is 9.90. The standard InChI is InChI=1S/C11H20N2O3/c1-3-9(10(12)14)13-5-4-8(11(15)16)6-7(13)2/h7-9H,3-6H2,1-2H3,(H2,12,14)(H,15,16). The number of hydrogen-bond donors (Lipinski definition) is 2. The molecule has 3 N–H and O–H groups in total. The first-order valence-electron chi connectivity index (χ1n) is 5.75. The number of rotatable bonds is 4. The van der Waals surface area contributed by atoms with Gasteiger partial charge in [0.2, 0.25) is 5.91 Å². The van der Waals surface area contributed by atoms with Crippen LogP contribution in [0.15, 0.2) is 0 Å². The summed E-state index contributed by atoms with van der Waals surface area (Å²) in [7, 11) is 0. The molecule has 1 heterocycles. The number of amides is 1. The highest BCUT2D eigenvalue weighted by molar-refractivity contribution is 5.79. The number of hydrogen-bond acceptors (Lipinski definition) is 3. The fraction of sp³-hybridized carbons (Fsp3) is 0.818. The van der Waals surface area contributed by atoms with Gasteiger partial charge in [0.25, 0.3) is 0 Å². The first kappa shape index (κ1) is 13.0. The summed E-state index contributed by atoms with van der Waals surface area (Å²) in [4.78, 5) is 24.2. The Kier molecular flexibility index (Phi) is 4.29. The van der Waals surface area contributed by atoms with Crippen molar-refractivity contribution in [3.05, 3.63) is 0 Å². The highest BCUT2D eigenvalue weighted by Crippen LogP contribution is 2.25. The summed E-state index contributed by atoms with van der Waals surface area (Å²) in [6.45, 7) is 4.52. The van der Waals surface area contributed by atoms with E-state index in [1.807, 2.05) is 18.7 Å². The van der Waals surface area contributed by atoms with Crippen molar-refractivity contribution in [2.75, 3.05) is 6.54 Å². The molecule has 0 spiro atoms. The third-order valence-electron chi connectivity index (χ3n) is 3.39. The van der Waals surface area contributed by atoms with Crippen LogP contribution < -0.4 is 5.73 Å². The summed E-state index contributed by atoms with van der Waals surface area (Å²) < 4.78 is 0. The van der Waals surface area contributed by atoms with Crippen molar-refractivity contribution in [3.63, 3.8) is 0 Å². The Bertz CT molecular complexity index is 280. The van der Waals surface area contributed by atoms with E-state index in [4.69, 9.17) is 10.8 Å². The molecule has 16 heavy (non-hydrogen) atoms. The molecule has 0 aromatic heterocycles. The zero-order chi connectivity index (χ0) is 12.3. The van der Waals surface area contributed by atoms with Crippen molar-refractivity contribution in [1.29, 1.82) is 0 Å². The van der Waals surface area contributed by atoms with E-state index in [9.17, 15) is 9.59 Å². The van der Waals surface area contributed by atoms with Crippen molar-refractivity contribution in [2.24, 2.45) is 11.7 Å². The molecule has 0 radical (unpaired) electrons. The second-order valence-electron chi connectivity index (χ2n) is 4.47. The van der Waals surface area contributed by atoms with E-state index >= 15 is 0 Å². The largest absolute Gasteiger partial charge is 0.481 e. The molecule has 0 aromatic rings. The average Bonchev–Trinajstić information content (AvgIpc) is 2.20. The molecule has 0 aromatic carbocycles. The SMILES string of the molecule is CCC(C(N)=O)N1CCC(C(=O)O)CC1C. The van der Waals surface area contributed by atoms with Gasteiger partial charge >= 0.3 is 5.97 Å². The molecule has 1 fully saturated rings. The molecule has 0 bridgehead atoms. The van der Waals surface area contributed by atoms with E-state index in [1.165, 1.54) is 0 Å². The summed E-state index contributed by atoms with van der Waals surface area (Å²) in [5, 5.41) is 8.94. The molecule has 3 atom stereocenters. The number of primary amides is 1. The van der Waals surface area contributed by atoms with Crippen LogP contribution in [0.1, 0.15) is 33.1 Å². The van der Waals surface area contributed by atoms with E-state index < -0.39 is 5.97 Å². The first-order valence-corrected chi connectivity index (χ1v) is 5.75. The van der Waals surface area contributed by atoms with Gasteiger partial charge in [-0.05, 0) is 26.2 Å². The fourth-order valence-electron chi connectivity index (χ4n) is 2.48. The maximum Gasteiger partial charge on any atom is 0.306 e. The number of piperidine rings is 1. The van der Waals surface area contributed by atoms with Gasteiger partial charge in [0.1, 0.15) is 0 Å². The summed E-state index contributed by atoms with van der Waals surface area (Å²) in [5.41, 5.74) is 5.34. The minimum Gasteiger partial charge on any atom is -0.481 e. The van der Waals surface area contributed by atoms with Crippen LogP contribution in [-0.2, 0) is 9.59 Å². The Balaban J connectivity index is 2.65. The Morgan fingerprint density at radius 1 is 1.56 bits per heavy atom. The third-order valence-corrected chi connectivity index (χ3v) is 3.39. The lowest BCUT2D eigenvalue weighted by Crippen LogP contribution is -2.52. The van der Waals surface area contributed by atoms with Crippen LogP contribution in [0.2, 0.25) is 0 Å². The Labute approximate surface area is 95.6 Å². The van der Waals surface area contributed by atoms with Crippen LogP contribution in [0.4, 0.5) is 0 Å². The van der Waals surface area contributed by atoms with Crippen molar-refractivity contribution >= 4 is 11.9 Å². The number of nitrogens with zero attached hydrogens (tertiary/aromatic N) is 1. The van der Waals surface area contributed by atoms with E-state index in [0.717, 1.165) is 0 Å². The van der Waals surface area contributed by atoms with Gasteiger partial charge in [-0.15, -0.1) is 0 Å². The maximum absolute atomic E-state index is 11.3. The van der Waals surface area contributed by atoms with Crippen LogP contribution in [0.5, 0.6) is 0 Å². The molecule has 3 unspecified atom stereocenters. The van der Waals surface area contributed by atoms with Crippen molar-refractivity contribution in [3.8, 4) is 0 Å². The van der Waals surface area contributed by atoms with Gasteiger partial charge in [-0.25, -0.2) is 0 Å². The summed E-state index contributed by atoms with van der Waals surface area (Å²) in [6, 6.07) is -0.156. The number of carbonyl (C=O) groups excluding carboxylic acids is 1.